The number of nitrogens with zero attached hydrogens (tertiary/aromatic N) is 2. The van der Waals surface area contributed by atoms with E-state index in [0.29, 0.717) is 25.2 Å². The van der Waals surface area contributed by atoms with Gasteiger partial charge in [-0.25, -0.2) is 8.42 Å². The van der Waals surface area contributed by atoms with E-state index < -0.39 is 10.0 Å². The van der Waals surface area contributed by atoms with Gasteiger partial charge in [0.2, 0.25) is 10.0 Å². The van der Waals surface area contributed by atoms with E-state index in [9.17, 15) is 13.5 Å². The minimum atomic E-state index is -3.61. The molecule has 2 heterocycles. The van der Waals surface area contributed by atoms with E-state index in [0.717, 1.165) is 19.3 Å². The maximum absolute atomic E-state index is 12.7. The van der Waals surface area contributed by atoms with Crippen molar-refractivity contribution in [3.63, 3.8) is 0 Å². The first kappa shape index (κ1) is 13.9. The van der Waals surface area contributed by atoms with E-state index >= 15 is 0 Å². The summed E-state index contributed by atoms with van der Waals surface area (Å²) < 4.78 is 26.9. The van der Waals surface area contributed by atoms with Crippen molar-refractivity contribution in [2.75, 3.05) is 20.1 Å². The highest BCUT2D eigenvalue weighted by molar-refractivity contribution is 7.89. The summed E-state index contributed by atoms with van der Waals surface area (Å²) in [5.41, 5.74) is 0. The highest BCUT2D eigenvalue weighted by Gasteiger charge is 2.39. The molecule has 0 spiro atoms. The number of aromatic hydroxyl groups is 1. The molecule has 1 aromatic rings. The molecule has 2 aliphatic heterocycles. The summed E-state index contributed by atoms with van der Waals surface area (Å²) in [4.78, 5) is 2.32. The molecule has 0 saturated carbocycles. The maximum atomic E-state index is 12.7. The van der Waals surface area contributed by atoms with Crippen molar-refractivity contribution in [1.29, 1.82) is 0 Å². The van der Waals surface area contributed by atoms with Crippen molar-refractivity contribution in [2.45, 2.75) is 36.2 Å². The van der Waals surface area contributed by atoms with E-state index in [1.165, 1.54) is 16.4 Å². The third-order valence-corrected chi connectivity index (χ3v) is 6.51. The third-order valence-electron chi connectivity index (χ3n) is 4.59. The monoisotopic (exact) mass is 296 g/mol. The molecule has 2 atom stereocenters. The van der Waals surface area contributed by atoms with Crippen LogP contribution in [0, 0.1) is 0 Å². The Morgan fingerprint density at radius 1 is 1.15 bits per heavy atom. The molecule has 2 saturated heterocycles. The van der Waals surface area contributed by atoms with Gasteiger partial charge in [0.15, 0.2) is 0 Å². The highest BCUT2D eigenvalue weighted by atomic mass is 32.2. The number of phenolic OH excluding ortho intramolecular Hbond substituents is 1. The van der Waals surface area contributed by atoms with Crippen molar-refractivity contribution in [3.8, 4) is 5.75 Å². The number of para-hydroxylation sites is 1. The molecule has 2 fully saturated rings. The lowest BCUT2D eigenvalue weighted by atomic mass is 10.1. The second-order valence-electron chi connectivity index (χ2n) is 5.67. The van der Waals surface area contributed by atoms with Crippen LogP contribution in [0.15, 0.2) is 29.2 Å². The Bertz CT molecular complexity index is 602. The summed E-state index contributed by atoms with van der Waals surface area (Å²) in [7, 11) is -1.52. The van der Waals surface area contributed by atoms with Crippen molar-refractivity contribution in [1.82, 2.24) is 9.21 Å². The summed E-state index contributed by atoms with van der Waals surface area (Å²) in [6, 6.07) is 6.95. The minimum absolute atomic E-state index is 0.0143. The molecule has 0 aromatic heterocycles. The number of likely N-dealkylation sites (N-methyl/N-ethyl adjacent to an activating group) is 1. The Morgan fingerprint density at radius 3 is 2.60 bits per heavy atom. The van der Waals surface area contributed by atoms with Gasteiger partial charge in [-0.1, -0.05) is 12.1 Å². The molecule has 110 valence electrons. The molecule has 0 amide bonds. The topological polar surface area (TPSA) is 60.9 Å². The molecule has 1 aromatic carbocycles. The van der Waals surface area contributed by atoms with Crippen molar-refractivity contribution < 1.29 is 13.5 Å². The normalized spacial score (nSPS) is 28.4. The second kappa shape index (κ2) is 5.02. The van der Waals surface area contributed by atoms with Crippen molar-refractivity contribution in [3.05, 3.63) is 24.3 Å². The fourth-order valence-electron chi connectivity index (χ4n) is 3.31. The highest BCUT2D eigenvalue weighted by Crippen LogP contribution is 2.32. The van der Waals surface area contributed by atoms with Crippen LogP contribution in [0.5, 0.6) is 5.75 Å². The first-order chi connectivity index (χ1) is 9.50. The predicted molar refractivity (Wildman–Crippen MR) is 76.1 cm³/mol. The zero-order valence-electron chi connectivity index (χ0n) is 11.6. The van der Waals surface area contributed by atoms with Gasteiger partial charge in [-0.05, 0) is 38.4 Å². The molecule has 1 N–H and O–H groups in total. The zero-order valence-corrected chi connectivity index (χ0v) is 12.4. The molecule has 0 aliphatic carbocycles. The number of hydrogen-bond donors (Lipinski definition) is 1. The average Bonchev–Trinajstić information content (AvgIpc) is 2.62. The Balaban J connectivity index is 1.91. The molecule has 0 radical (unpaired) electrons. The standard InChI is InChI=1S/C14H20N2O3S/c1-15-11-6-7-12(15)10-16(9-8-11)20(18,19)14-5-3-2-4-13(14)17/h2-5,11-12,17H,6-10H2,1H3. The summed E-state index contributed by atoms with van der Waals surface area (Å²) >= 11 is 0. The summed E-state index contributed by atoms with van der Waals surface area (Å²) in [6.45, 7) is 1.05. The second-order valence-corrected chi connectivity index (χ2v) is 7.58. The first-order valence-corrected chi connectivity index (χ1v) is 8.44. The SMILES string of the molecule is CN1C2CCC1CN(S(=O)(=O)c1ccccc1O)CC2. The Labute approximate surface area is 119 Å². The van der Waals surface area contributed by atoms with E-state index in [4.69, 9.17) is 0 Å². The fourth-order valence-corrected chi connectivity index (χ4v) is 4.89. The van der Waals surface area contributed by atoms with E-state index in [2.05, 4.69) is 11.9 Å². The lowest BCUT2D eigenvalue weighted by Crippen LogP contribution is -2.39. The van der Waals surface area contributed by atoms with Crippen molar-refractivity contribution >= 4 is 10.0 Å². The van der Waals surface area contributed by atoms with Gasteiger partial charge >= 0.3 is 0 Å². The number of sulfonamides is 1. The first-order valence-electron chi connectivity index (χ1n) is 7.00. The molecular formula is C14H20N2O3S. The number of benzene rings is 1. The van der Waals surface area contributed by atoms with Gasteiger partial charge < -0.3 is 5.11 Å². The van der Waals surface area contributed by atoms with Gasteiger partial charge in [-0.15, -0.1) is 0 Å². The van der Waals surface area contributed by atoms with E-state index in [1.54, 1.807) is 12.1 Å². The summed E-state index contributed by atoms with van der Waals surface area (Å²) in [5, 5.41) is 9.81. The number of rotatable bonds is 2. The molecular weight excluding hydrogens is 276 g/mol. The summed E-state index contributed by atoms with van der Waals surface area (Å²) in [6.07, 6.45) is 3.07. The largest absolute Gasteiger partial charge is 0.507 e. The predicted octanol–water partition coefficient (Wildman–Crippen LogP) is 1.25. The van der Waals surface area contributed by atoms with Crippen LogP contribution >= 0.6 is 0 Å². The Kier molecular flexibility index (Phi) is 3.48. The lowest BCUT2D eigenvalue weighted by molar-refractivity contribution is 0.246. The minimum Gasteiger partial charge on any atom is -0.507 e. The molecule has 6 heteroatoms. The zero-order chi connectivity index (χ0) is 14.3. The van der Waals surface area contributed by atoms with Crippen LogP contribution in [0.25, 0.3) is 0 Å². The number of fused-ring (bicyclic) bond motifs is 2. The van der Waals surface area contributed by atoms with Gasteiger partial charge in [-0.3, -0.25) is 4.90 Å². The molecule has 2 aliphatic rings. The molecule has 2 bridgehead atoms. The van der Waals surface area contributed by atoms with Crippen LogP contribution in [0.3, 0.4) is 0 Å². The molecule has 2 unspecified atom stereocenters. The van der Waals surface area contributed by atoms with Crippen LogP contribution < -0.4 is 0 Å². The van der Waals surface area contributed by atoms with Crippen LogP contribution in [0.1, 0.15) is 19.3 Å². The number of phenols is 1. The van der Waals surface area contributed by atoms with Gasteiger partial charge in [0, 0.05) is 25.2 Å². The fraction of sp³-hybridized carbons (Fsp3) is 0.571. The molecule has 20 heavy (non-hydrogen) atoms. The molecule has 3 rings (SSSR count). The Morgan fingerprint density at radius 2 is 1.85 bits per heavy atom. The van der Waals surface area contributed by atoms with E-state index in [-0.39, 0.29) is 10.6 Å². The lowest BCUT2D eigenvalue weighted by Gasteiger charge is -2.25. The van der Waals surface area contributed by atoms with E-state index in [1.807, 2.05) is 0 Å². The van der Waals surface area contributed by atoms with Gasteiger partial charge in [0.25, 0.3) is 0 Å². The number of hydrogen-bond acceptors (Lipinski definition) is 4. The van der Waals surface area contributed by atoms with Gasteiger partial charge in [-0.2, -0.15) is 4.31 Å². The average molecular weight is 296 g/mol. The maximum Gasteiger partial charge on any atom is 0.246 e. The van der Waals surface area contributed by atoms with Crippen LogP contribution in [-0.2, 0) is 10.0 Å². The smallest absolute Gasteiger partial charge is 0.246 e. The van der Waals surface area contributed by atoms with Crippen LogP contribution in [-0.4, -0.2) is 55.0 Å². The third kappa shape index (κ3) is 2.21. The van der Waals surface area contributed by atoms with Gasteiger partial charge in [0.1, 0.15) is 10.6 Å². The van der Waals surface area contributed by atoms with Crippen LogP contribution in [0.4, 0.5) is 0 Å². The van der Waals surface area contributed by atoms with Gasteiger partial charge in [0.05, 0.1) is 0 Å². The van der Waals surface area contributed by atoms with Crippen molar-refractivity contribution in [2.24, 2.45) is 0 Å². The molecule has 5 nitrogen and oxygen atoms in total. The quantitative estimate of drug-likeness (QED) is 0.892. The Hall–Kier alpha value is -1.11. The summed E-state index contributed by atoms with van der Waals surface area (Å²) in [5.74, 6) is -0.171. The van der Waals surface area contributed by atoms with Crippen LogP contribution in [0.2, 0.25) is 0 Å².